The molecule has 2 aromatic rings. The molecule has 0 bridgehead atoms. The van der Waals surface area contributed by atoms with Gasteiger partial charge < -0.3 is 31.1 Å². The molecule has 0 heterocycles. The summed E-state index contributed by atoms with van der Waals surface area (Å²) >= 11 is 0. The first kappa shape index (κ1) is 28.5. The fourth-order valence-corrected chi connectivity index (χ4v) is 4.21. The van der Waals surface area contributed by atoms with E-state index >= 15 is 0 Å². The molecule has 0 saturated heterocycles. The van der Waals surface area contributed by atoms with Crippen LogP contribution in [-0.4, -0.2) is 51.5 Å². The number of primary amides is 1. The van der Waals surface area contributed by atoms with Crippen molar-refractivity contribution in [2.45, 2.75) is 71.2 Å². The Balaban J connectivity index is 2.03. The van der Waals surface area contributed by atoms with E-state index in [-0.39, 0.29) is 17.7 Å². The number of hydrogen-bond acceptors (Lipinski definition) is 6. The molecule has 10 heteroatoms. The van der Waals surface area contributed by atoms with Crippen LogP contribution in [0.4, 0.5) is 10.5 Å². The molecule has 10 nitrogen and oxygen atoms in total. The van der Waals surface area contributed by atoms with Gasteiger partial charge in [-0.25, -0.2) is 4.79 Å². The minimum absolute atomic E-state index is 0.00248. The Morgan fingerprint density at radius 3 is 2.24 bits per heavy atom. The van der Waals surface area contributed by atoms with Crippen LogP contribution < -0.4 is 16.4 Å². The summed E-state index contributed by atoms with van der Waals surface area (Å²) in [7, 11) is 0. The number of alkyl carbamates (subject to hydrolysis) is 1. The molecule has 1 saturated carbocycles. The fourth-order valence-electron chi connectivity index (χ4n) is 4.21. The number of carbonyl (C=O) groups excluding carboxylic acids is 4. The first-order valence-electron chi connectivity index (χ1n) is 12.5. The Labute approximate surface area is 222 Å². The number of para-hydroxylation sites is 1. The summed E-state index contributed by atoms with van der Waals surface area (Å²) in [5, 5.41) is 15.2. The topological polar surface area (TPSA) is 151 Å². The van der Waals surface area contributed by atoms with Crippen LogP contribution in [0.2, 0.25) is 0 Å². The number of nitrogens with two attached hydrogens (primary N) is 1. The second kappa shape index (κ2) is 11.5. The first-order chi connectivity index (χ1) is 17.8. The zero-order chi connectivity index (χ0) is 28.2. The number of phenols is 1. The second-order valence-corrected chi connectivity index (χ2v) is 10.7. The van der Waals surface area contributed by atoms with E-state index in [0.717, 1.165) is 5.56 Å². The van der Waals surface area contributed by atoms with E-state index in [2.05, 4.69) is 10.6 Å². The van der Waals surface area contributed by atoms with Gasteiger partial charge >= 0.3 is 6.09 Å². The fraction of sp³-hybridized carbons (Fsp3) is 0.429. The van der Waals surface area contributed by atoms with Crippen molar-refractivity contribution < 1.29 is 29.0 Å². The van der Waals surface area contributed by atoms with Gasteiger partial charge in [-0.1, -0.05) is 37.3 Å². The monoisotopic (exact) mass is 524 g/mol. The third-order valence-electron chi connectivity index (χ3n) is 6.21. The lowest BCUT2D eigenvalue weighted by atomic mass is 10.0. The molecule has 4 atom stereocenters. The molecule has 1 aliphatic rings. The van der Waals surface area contributed by atoms with Gasteiger partial charge in [0.2, 0.25) is 11.8 Å². The van der Waals surface area contributed by atoms with Gasteiger partial charge in [0.15, 0.2) is 0 Å². The molecule has 5 N–H and O–H groups in total. The van der Waals surface area contributed by atoms with Crippen LogP contribution in [0.15, 0.2) is 48.5 Å². The molecule has 1 fully saturated rings. The smallest absolute Gasteiger partial charge is 0.408 e. The third-order valence-corrected chi connectivity index (χ3v) is 6.21. The van der Waals surface area contributed by atoms with Crippen molar-refractivity contribution >= 4 is 29.5 Å². The molecule has 0 radical (unpaired) electrons. The predicted molar refractivity (Wildman–Crippen MR) is 142 cm³/mol. The van der Waals surface area contributed by atoms with Crippen molar-refractivity contribution in [2.24, 2.45) is 11.7 Å². The molecular formula is C28H36N4O6. The van der Waals surface area contributed by atoms with Gasteiger partial charge in [-0.15, -0.1) is 0 Å². The highest BCUT2D eigenvalue weighted by Gasteiger charge is 2.48. The number of carbonyl (C=O) groups is 4. The quantitative estimate of drug-likeness (QED) is 0.395. The van der Waals surface area contributed by atoms with Gasteiger partial charge in [0, 0.05) is 11.7 Å². The van der Waals surface area contributed by atoms with Crippen molar-refractivity contribution in [3.8, 4) is 5.75 Å². The normalized spacial score (nSPS) is 18.0. The van der Waals surface area contributed by atoms with Crippen molar-refractivity contribution in [1.82, 2.24) is 10.2 Å². The average Bonchev–Trinajstić information content (AvgIpc) is 3.53. The molecule has 0 spiro atoms. The lowest BCUT2D eigenvalue weighted by Gasteiger charge is -2.35. The maximum atomic E-state index is 14.0. The Kier molecular flexibility index (Phi) is 8.65. The Hall–Kier alpha value is -4.08. The molecule has 4 amide bonds. The predicted octanol–water partition coefficient (Wildman–Crippen LogP) is 3.39. The van der Waals surface area contributed by atoms with E-state index in [9.17, 15) is 24.3 Å². The Morgan fingerprint density at radius 2 is 1.71 bits per heavy atom. The van der Waals surface area contributed by atoms with Crippen LogP contribution in [0.3, 0.4) is 0 Å². The maximum absolute atomic E-state index is 14.0. The summed E-state index contributed by atoms with van der Waals surface area (Å²) in [5.74, 6) is -1.83. The van der Waals surface area contributed by atoms with Crippen LogP contribution in [-0.2, 0) is 19.1 Å². The molecule has 38 heavy (non-hydrogen) atoms. The zero-order valence-corrected chi connectivity index (χ0v) is 22.4. The number of ether oxygens (including phenoxy) is 1. The van der Waals surface area contributed by atoms with Crippen molar-refractivity contribution in [2.75, 3.05) is 5.32 Å². The number of benzene rings is 2. The van der Waals surface area contributed by atoms with E-state index in [1.165, 1.54) is 17.0 Å². The number of nitrogens with one attached hydrogen (secondary N) is 2. The number of nitrogens with zero attached hydrogens (tertiary/aromatic N) is 1. The van der Waals surface area contributed by atoms with Crippen LogP contribution >= 0.6 is 0 Å². The van der Waals surface area contributed by atoms with E-state index in [4.69, 9.17) is 10.5 Å². The van der Waals surface area contributed by atoms with Crippen LogP contribution in [0.1, 0.15) is 57.7 Å². The SMILES string of the molecule is Cc1ccccc1NC(=O)C(c1ccc(O)cc1)N(C(=O)C(CC(N)=O)NC(=O)OC(C)(C)C)C1CC1C. The van der Waals surface area contributed by atoms with Gasteiger partial charge in [-0.2, -0.15) is 0 Å². The summed E-state index contributed by atoms with van der Waals surface area (Å²) < 4.78 is 5.29. The number of amides is 4. The standard InChI is InChI=1S/C28H36N4O6/c1-16-8-6-7-9-20(16)30-25(35)24(18-10-12-19(33)13-11-18)32(22-14-17(22)2)26(36)21(15-23(29)34)31-27(37)38-28(3,4)5/h6-13,17,21-22,24,33H,14-15H2,1-5H3,(H2,29,34)(H,30,35)(H,31,37). The lowest BCUT2D eigenvalue weighted by Crippen LogP contribution is -2.54. The van der Waals surface area contributed by atoms with Crippen LogP contribution in [0, 0.1) is 12.8 Å². The largest absolute Gasteiger partial charge is 0.508 e. The maximum Gasteiger partial charge on any atom is 0.408 e. The number of rotatable bonds is 9. The average molecular weight is 525 g/mol. The Bertz CT molecular complexity index is 1190. The van der Waals surface area contributed by atoms with Crippen LogP contribution in [0.5, 0.6) is 5.75 Å². The van der Waals surface area contributed by atoms with E-state index in [1.807, 2.05) is 26.0 Å². The number of anilines is 1. The lowest BCUT2D eigenvalue weighted by molar-refractivity contribution is -0.142. The Morgan fingerprint density at radius 1 is 1.11 bits per heavy atom. The zero-order valence-electron chi connectivity index (χ0n) is 22.4. The van der Waals surface area contributed by atoms with Crippen LogP contribution in [0.25, 0.3) is 0 Å². The number of hydrogen-bond donors (Lipinski definition) is 4. The summed E-state index contributed by atoms with van der Waals surface area (Å²) in [6, 6.07) is 10.5. The van der Waals surface area contributed by atoms with Crippen molar-refractivity contribution in [3.05, 3.63) is 59.7 Å². The molecule has 0 aromatic heterocycles. The number of phenolic OH excluding ortho intramolecular Hbond substituents is 1. The molecule has 204 valence electrons. The molecule has 2 aromatic carbocycles. The molecular weight excluding hydrogens is 488 g/mol. The van der Waals surface area contributed by atoms with Gasteiger partial charge in [0.1, 0.15) is 23.4 Å². The minimum atomic E-state index is -1.35. The first-order valence-corrected chi connectivity index (χ1v) is 12.5. The highest BCUT2D eigenvalue weighted by Crippen LogP contribution is 2.41. The number of aromatic hydroxyl groups is 1. The third kappa shape index (κ3) is 7.47. The molecule has 0 aliphatic heterocycles. The van der Waals surface area contributed by atoms with E-state index in [0.29, 0.717) is 17.7 Å². The summed E-state index contributed by atoms with van der Waals surface area (Å²) in [4.78, 5) is 53.7. The van der Waals surface area contributed by atoms with Crippen molar-refractivity contribution in [1.29, 1.82) is 0 Å². The molecule has 4 unspecified atom stereocenters. The van der Waals surface area contributed by atoms with Crippen molar-refractivity contribution in [3.63, 3.8) is 0 Å². The van der Waals surface area contributed by atoms with Gasteiger partial charge in [0.25, 0.3) is 5.91 Å². The van der Waals surface area contributed by atoms with Gasteiger partial charge in [-0.3, -0.25) is 14.4 Å². The number of aryl methyl sites for hydroxylation is 1. The highest BCUT2D eigenvalue weighted by atomic mass is 16.6. The molecule has 1 aliphatic carbocycles. The summed E-state index contributed by atoms with van der Waals surface area (Å²) in [6.45, 7) is 8.82. The van der Waals surface area contributed by atoms with Gasteiger partial charge in [-0.05, 0) is 69.4 Å². The summed E-state index contributed by atoms with van der Waals surface area (Å²) in [6.07, 6.45) is -0.725. The molecule has 3 rings (SSSR count). The summed E-state index contributed by atoms with van der Waals surface area (Å²) in [5.41, 5.74) is 6.46. The van der Waals surface area contributed by atoms with E-state index in [1.54, 1.807) is 45.0 Å². The van der Waals surface area contributed by atoms with E-state index < -0.39 is 47.9 Å². The second-order valence-electron chi connectivity index (χ2n) is 10.7. The highest BCUT2D eigenvalue weighted by molar-refractivity contribution is 6.00. The van der Waals surface area contributed by atoms with Gasteiger partial charge in [0.05, 0.1) is 6.42 Å². The minimum Gasteiger partial charge on any atom is -0.508 e.